The smallest absolute Gasteiger partial charge is 0.410 e. The lowest BCUT2D eigenvalue weighted by Gasteiger charge is -2.24. The molecule has 1 amide bonds. The van der Waals surface area contributed by atoms with E-state index >= 15 is 0 Å². The largest absolute Gasteiger partial charge is 0.444 e. The average molecular weight is 349 g/mol. The van der Waals surface area contributed by atoms with E-state index in [-0.39, 0.29) is 12.1 Å². The van der Waals surface area contributed by atoms with Crippen molar-refractivity contribution in [2.75, 3.05) is 18.4 Å². The standard InChI is InChI=1S/C17H21ClN4O2/c1-17(2,3)24-16(23)22-7-6-13(10-22)20-15-19-9-11-8-12(18)4-5-14(11)21-15/h4-5,8-9,13H,6-7,10H2,1-3H3,(H,19,20,21). The van der Waals surface area contributed by atoms with Gasteiger partial charge in [0.25, 0.3) is 0 Å². The summed E-state index contributed by atoms with van der Waals surface area (Å²) in [5.41, 5.74) is 0.351. The molecule has 128 valence electrons. The molecule has 7 heteroatoms. The van der Waals surface area contributed by atoms with Crippen LogP contribution in [0.5, 0.6) is 0 Å². The van der Waals surface area contributed by atoms with Crippen LogP contribution in [0.3, 0.4) is 0 Å². The third kappa shape index (κ3) is 4.06. The van der Waals surface area contributed by atoms with Crippen LogP contribution in [0.1, 0.15) is 27.2 Å². The molecule has 2 heterocycles. The number of fused-ring (bicyclic) bond motifs is 1. The number of carbonyl (C=O) groups is 1. The first-order chi connectivity index (χ1) is 11.3. The van der Waals surface area contributed by atoms with Crippen molar-refractivity contribution in [3.63, 3.8) is 0 Å². The molecule has 1 aromatic heterocycles. The molecule has 0 spiro atoms. The summed E-state index contributed by atoms with van der Waals surface area (Å²) < 4.78 is 5.40. The van der Waals surface area contributed by atoms with Crippen LogP contribution >= 0.6 is 11.6 Å². The van der Waals surface area contributed by atoms with Gasteiger partial charge in [0.2, 0.25) is 5.95 Å². The van der Waals surface area contributed by atoms with E-state index in [0.717, 1.165) is 17.3 Å². The molecule has 24 heavy (non-hydrogen) atoms. The van der Waals surface area contributed by atoms with E-state index in [9.17, 15) is 4.79 Å². The Morgan fingerprint density at radius 1 is 1.42 bits per heavy atom. The van der Waals surface area contributed by atoms with Gasteiger partial charge in [-0.1, -0.05) is 11.6 Å². The number of likely N-dealkylation sites (tertiary alicyclic amines) is 1. The Labute approximate surface area is 146 Å². The SMILES string of the molecule is CC(C)(C)OC(=O)N1CCC(Nc2ncc3cc(Cl)ccc3n2)C1. The number of aromatic nitrogens is 2. The van der Waals surface area contributed by atoms with Gasteiger partial charge in [-0.2, -0.15) is 0 Å². The van der Waals surface area contributed by atoms with Gasteiger partial charge in [-0.15, -0.1) is 0 Å². The monoisotopic (exact) mass is 348 g/mol. The molecule has 1 saturated heterocycles. The number of halogens is 1. The lowest BCUT2D eigenvalue weighted by atomic mass is 10.2. The molecular formula is C17H21ClN4O2. The van der Waals surface area contributed by atoms with Crippen molar-refractivity contribution in [2.24, 2.45) is 0 Å². The molecule has 1 fully saturated rings. The highest BCUT2D eigenvalue weighted by Crippen LogP contribution is 2.20. The van der Waals surface area contributed by atoms with E-state index in [4.69, 9.17) is 16.3 Å². The lowest BCUT2D eigenvalue weighted by Crippen LogP contribution is -2.36. The second-order valence-corrected chi connectivity index (χ2v) is 7.39. The molecule has 1 aromatic carbocycles. The van der Waals surface area contributed by atoms with E-state index in [2.05, 4.69) is 15.3 Å². The van der Waals surface area contributed by atoms with E-state index in [0.29, 0.717) is 24.1 Å². The number of benzene rings is 1. The number of amides is 1. The number of rotatable bonds is 2. The van der Waals surface area contributed by atoms with E-state index in [1.165, 1.54) is 0 Å². The minimum absolute atomic E-state index is 0.113. The summed E-state index contributed by atoms with van der Waals surface area (Å²) in [6.07, 6.45) is 2.30. The van der Waals surface area contributed by atoms with Crippen molar-refractivity contribution < 1.29 is 9.53 Å². The van der Waals surface area contributed by atoms with E-state index < -0.39 is 5.60 Å². The Bertz CT molecular complexity index is 760. The van der Waals surface area contributed by atoms with E-state index in [1.807, 2.05) is 32.9 Å². The van der Waals surface area contributed by atoms with Crippen LogP contribution in [0.2, 0.25) is 5.02 Å². The van der Waals surface area contributed by atoms with Crippen molar-refractivity contribution in [1.29, 1.82) is 0 Å². The lowest BCUT2D eigenvalue weighted by molar-refractivity contribution is 0.0293. The zero-order chi connectivity index (χ0) is 17.3. The Hall–Kier alpha value is -2.08. The van der Waals surface area contributed by atoms with Crippen LogP contribution < -0.4 is 5.32 Å². The van der Waals surface area contributed by atoms with Crippen LogP contribution in [-0.2, 0) is 4.74 Å². The maximum atomic E-state index is 12.1. The zero-order valence-corrected chi connectivity index (χ0v) is 14.8. The van der Waals surface area contributed by atoms with Crippen molar-refractivity contribution in [2.45, 2.75) is 38.8 Å². The van der Waals surface area contributed by atoms with Crippen molar-refractivity contribution in [3.8, 4) is 0 Å². The van der Waals surface area contributed by atoms with Gasteiger partial charge in [-0.25, -0.2) is 14.8 Å². The number of nitrogens with zero attached hydrogens (tertiary/aromatic N) is 3. The van der Waals surface area contributed by atoms with Crippen molar-refractivity contribution in [3.05, 3.63) is 29.4 Å². The van der Waals surface area contributed by atoms with Crippen LogP contribution in [-0.4, -0.2) is 45.7 Å². The summed E-state index contributed by atoms with van der Waals surface area (Å²) in [7, 11) is 0. The van der Waals surface area contributed by atoms with Gasteiger partial charge in [0.1, 0.15) is 5.60 Å². The summed E-state index contributed by atoms with van der Waals surface area (Å²) in [5.74, 6) is 0.556. The normalized spacial score (nSPS) is 18.0. The summed E-state index contributed by atoms with van der Waals surface area (Å²) in [6, 6.07) is 5.62. The van der Waals surface area contributed by atoms with Crippen LogP contribution in [0, 0.1) is 0 Å². The van der Waals surface area contributed by atoms with Gasteiger partial charge in [-0.05, 0) is 45.4 Å². The van der Waals surface area contributed by atoms with Gasteiger partial charge in [0.05, 0.1) is 5.52 Å². The molecule has 3 rings (SSSR count). The van der Waals surface area contributed by atoms with Gasteiger partial charge >= 0.3 is 6.09 Å². The highest BCUT2D eigenvalue weighted by Gasteiger charge is 2.30. The molecule has 1 unspecified atom stereocenters. The Morgan fingerprint density at radius 3 is 2.96 bits per heavy atom. The molecule has 1 aliphatic heterocycles. The predicted molar refractivity (Wildman–Crippen MR) is 94.4 cm³/mol. The first-order valence-electron chi connectivity index (χ1n) is 7.97. The van der Waals surface area contributed by atoms with Crippen LogP contribution in [0.15, 0.2) is 24.4 Å². The molecule has 2 aromatic rings. The van der Waals surface area contributed by atoms with Crippen molar-refractivity contribution >= 4 is 34.5 Å². The summed E-state index contributed by atoms with van der Waals surface area (Å²) in [4.78, 5) is 22.6. The van der Waals surface area contributed by atoms with Gasteiger partial charge in [-0.3, -0.25) is 0 Å². The second kappa shape index (κ2) is 6.43. The molecule has 1 atom stereocenters. The molecule has 6 nitrogen and oxygen atoms in total. The second-order valence-electron chi connectivity index (χ2n) is 6.95. The molecule has 0 radical (unpaired) electrons. The predicted octanol–water partition coefficient (Wildman–Crippen LogP) is 3.70. The average Bonchev–Trinajstić information content (AvgIpc) is 2.94. The molecular weight excluding hydrogens is 328 g/mol. The number of anilines is 1. The molecule has 1 aliphatic rings. The Kier molecular flexibility index (Phi) is 4.49. The zero-order valence-electron chi connectivity index (χ0n) is 14.0. The summed E-state index contributed by atoms with van der Waals surface area (Å²) in [6.45, 7) is 6.84. The third-order valence-corrected chi connectivity index (χ3v) is 3.95. The fraction of sp³-hybridized carbons (Fsp3) is 0.471. The van der Waals surface area contributed by atoms with Crippen molar-refractivity contribution in [1.82, 2.24) is 14.9 Å². The molecule has 0 aliphatic carbocycles. The molecule has 0 saturated carbocycles. The topological polar surface area (TPSA) is 67.3 Å². The Morgan fingerprint density at radius 2 is 2.21 bits per heavy atom. The fourth-order valence-corrected chi connectivity index (χ4v) is 2.81. The van der Waals surface area contributed by atoms with Gasteiger partial charge in [0.15, 0.2) is 0 Å². The highest BCUT2D eigenvalue weighted by atomic mass is 35.5. The van der Waals surface area contributed by atoms with Gasteiger partial charge < -0.3 is 15.0 Å². The fourth-order valence-electron chi connectivity index (χ4n) is 2.63. The van der Waals surface area contributed by atoms with E-state index in [1.54, 1.807) is 17.2 Å². The third-order valence-electron chi connectivity index (χ3n) is 3.72. The number of carbonyl (C=O) groups excluding carboxylic acids is 1. The maximum Gasteiger partial charge on any atom is 0.410 e. The Balaban J connectivity index is 1.63. The summed E-state index contributed by atoms with van der Waals surface area (Å²) in [5, 5.41) is 4.85. The number of ether oxygens (including phenoxy) is 1. The first-order valence-corrected chi connectivity index (χ1v) is 8.35. The van der Waals surface area contributed by atoms with Crippen LogP contribution in [0.25, 0.3) is 10.9 Å². The first kappa shape index (κ1) is 16.8. The minimum Gasteiger partial charge on any atom is -0.444 e. The summed E-state index contributed by atoms with van der Waals surface area (Å²) >= 11 is 5.97. The van der Waals surface area contributed by atoms with Crippen LogP contribution in [0.4, 0.5) is 10.7 Å². The minimum atomic E-state index is -0.481. The molecule has 1 N–H and O–H groups in total. The number of hydrogen-bond donors (Lipinski definition) is 1. The maximum absolute atomic E-state index is 12.1. The molecule has 0 bridgehead atoms. The quantitative estimate of drug-likeness (QED) is 0.896. The number of nitrogens with one attached hydrogen (secondary N) is 1. The number of hydrogen-bond acceptors (Lipinski definition) is 5. The van der Waals surface area contributed by atoms with Gasteiger partial charge in [0, 0.05) is 35.7 Å². The highest BCUT2D eigenvalue weighted by molar-refractivity contribution is 6.31.